The highest BCUT2D eigenvalue weighted by molar-refractivity contribution is 7.17. The lowest BCUT2D eigenvalue weighted by Crippen LogP contribution is -2.31. The number of carbonyl (C=O) groups excluding carboxylic acids is 3. The normalized spacial score (nSPS) is 15.5. The number of fused-ring (bicyclic) bond motifs is 1. The quantitative estimate of drug-likeness (QED) is 0.263. The van der Waals surface area contributed by atoms with Crippen molar-refractivity contribution >= 4 is 45.1 Å². The molecule has 0 spiro atoms. The van der Waals surface area contributed by atoms with Gasteiger partial charge in [-0.05, 0) is 43.7 Å². The van der Waals surface area contributed by atoms with Crippen molar-refractivity contribution in [1.29, 1.82) is 0 Å². The van der Waals surface area contributed by atoms with Crippen molar-refractivity contribution in [3.8, 4) is 5.75 Å². The minimum absolute atomic E-state index is 0.0149. The van der Waals surface area contributed by atoms with Crippen molar-refractivity contribution < 1.29 is 33.4 Å². The maximum absolute atomic E-state index is 13.7. The minimum atomic E-state index is -1.03. The predicted octanol–water partition coefficient (Wildman–Crippen LogP) is 5.17. The van der Waals surface area contributed by atoms with Crippen molar-refractivity contribution in [2.45, 2.75) is 19.9 Å². The van der Waals surface area contributed by atoms with E-state index in [0.29, 0.717) is 34.6 Å². The lowest BCUT2D eigenvalue weighted by Gasteiger charge is -2.24. The number of nitrogens with zero attached hydrogens (tertiary/aromatic N) is 2. The number of hydrogen-bond donors (Lipinski definition) is 1. The number of benzene rings is 2. The molecule has 2 aromatic heterocycles. The third-order valence-electron chi connectivity index (χ3n) is 5.97. The van der Waals surface area contributed by atoms with Crippen LogP contribution in [0.5, 0.6) is 5.75 Å². The number of ether oxygens (including phenoxy) is 2. The van der Waals surface area contributed by atoms with Crippen molar-refractivity contribution in [2.75, 3.05) is 18.6 Å². The van der Waals surface area contributed by atoms with Crippen LogP contribution >= 0.6 is 11.3 Å². The summed E-state index contributed by atoms with van der Waals surface area (Å²) in [4.78, 5) is 45.2. The number of methoxy groups -OCH3 is 1. The number of esters is 1. The fourth-order valence-electron chi connectivity index (χ4n) is 4.26. The molecular formula is C27H22N2O7S. The number of para-hydroxylation sites is 1. The second-order valence-electron chi connectivity index (χ2n) is 8.22. The summed E-state index contributed by atoms with van der Waals surface area (Å²) in [7, 11) is 1.25. The summed E-state index contributed by atoms with van der Waals surface area (Å²) in [5.74, 6) is -2.16. The van der Waals surface area contributed by atoms with Crippen LogP contribution in [0.2, 0.25) is 0 Å². The average Bonchev–Trinajstić information content (AvgIpc) is 3.58. The number of anilines is 1. The van der Waals surface area contributed by atoms with E-state index in [1.165, 1.54) is 12.0 Å². The molecule has 5 rings (SSSR count). The van der Waals surface area contributed by atoms with Gasteiger partial charge in [0.25, 0.3) is 5.91 Å². The van der Waals surface area contributed by atoms with Gasteiger partial charge < -0.3 is 19.0 Å². The summed E-state index contributed by atoms with van der Waals surface area (Å²) in [5.41, 5.74) is 1.25. The number of hydrogen-bond acceptors (Lipinski definition) is 9. The first kappa shape index (κ1) is 24.3. The number of furan rings is 1. The number of ketones is 1. The molecule has 1 aliphatic rings. The molecule has 1 atom stereocenters. The van der Waals surface area contributed by atoms with E-state index in [1.54, 1.807) is 55.5 Å². The predicted molar refractivity (Wildman–Crippen MR) is 136 cm³/mol. The van der Waals surface area contributed by atoms with Gasteiger partial charge in [-0.25, -0.2) is 9.78 Å². The van der Waals surface area contributed by atoms with Gasteiger partial charge in [-0.2, -0.15) is 0 Å². The van der Waals surface area contributed by atoms with Crippen LogP contribution in [0.3, 0.4) is 0 Å². The van der Waals surface area contributed by atoms with Crippen molar-refractivity contribution in [3.05, 3.63) is 87.8 Å². The molecule has 1 unspecified atom stereocenters. The van der Waals surface area contributed by atoms with Crippen molar-refractivity contribution in [3.63, 3.8) is 0 Å². The zero-order valence-corrected chi connectivity index (χ0v) is 21.0. The maximum Gasteiger partial charge on any atom is 0.350 e. The first-order valence-electron chi connectivity index (χ1n) is 11.4. The molecule has 0 fully saturated rings. The van der Waals surface area contributed by atoms with Crippen LogP contribution in [0.15, 0.2) is 70.3 Å². The van der Waals surface area contributed by atoms with Gasteiger partial charge in [0.05, 0.1) is 31.0 Å². The van der Waals surface area contributed by atoms with Gasteiger partial charge in [-0.3, -0.25) is 14.5 Å². The molecular weight excluding hydrogens is 496 g/mol. The Hall–Kier alpha value is -4.44. The highest BCUT2D eigenvalue weighted by atomic mass is 32.1. The number of Topliss-reactive ketones (excluding diaryl/α,β-unsaturated/α-hetero) is 1. The van der Waals surface area contributed by atoms with Gasteiger partial charge in [0.1, 0.15) is 16.2 Å². The molecule has 0 saturated heterocycles. The Labute approximate surface area is 215 Å². The highest BCUT2D eigenvalue weighted by Gasteiger charge is 2.47. The van der Waals surface area contributed by atoms with Gasteiger partial charge in [0.2, 0.25) is 5.78 Å². The van der Waals surface area contributed by atoms with Crippen LogP contribution < -0.4 is 9.64 Å². The summed E-state index contributed by atoms with van der Waals surface area (Å²) in [5, 5.41) is 11.8. The fourth-order valence-corrected chi connectivity index (χ4v) is 5.27. The van der Waals surface area contributed by atoms with E-state index in [4.69, 9.17) is 13.9 Å². The number of rotatable bonds is 7. The van der Waals surface area contributed by atoms with E-state index in [-0.39, 0.29) is 21.3 Å². The van der Waals surface area contributed by atoms with Crippen LogP contribution in [0.25, 0.3) is 11.0 Å². The number of carbonyl (C=O) groups is 3. The molecule has 37 heavy (non-hydrogen) atoms. The van der Waals surface area contributed by atoms with Gasteiger partial charge in [-0.15, -0.1) is 0 Å². The van der Waals surface area contributed by atoms with Gasteiger partial charge in [-0.1, -0.05) is 41.7 Å². The maximum atomic E-state index is 13.7. The summed E-state index contributed by atoms with van der Waals surface area (Å²) < 4.78 is 16.1. The summed E-state index contributed by atoms with van der Waals surface area (Å²) in [6.45, 7) is 3.95. The Morgan fingerprint density at radius 3 is 2.57 bits per heavy atom. The molecule has 10 heteroatoms. The summed E-state index contributed by atoms with van der Waals surface area (Å²) >= 11 is 0.941. The number of aliphatic hydroxyl groups excluding tert-OH is 1. The minimum Gasteiger partial charge on any atom is -0.503 e. The molecule has 0 aliphatic carbocycles. The first-order valence-corrected chi connectivity index (χ1v) is 12.2. The Morgan fingerprint density at radius 2 is 1.89 bits per heavy atom. The van der Waals surface area contributed by atoms with E-state index < -0.39 is 29.5 Å². The molecule has 0 bridgehead atoms. The SMILES string of the molecule is CCOc1ccc(C2C(C(=O)c3cc4ccccc4o3)=C(O)C(=O)N2c2nc(C)c(C(=O)OC)s2)cc1. The number of thiazole rings is 1. The molecule has 3 heterocycles. The second-order valence-corrected chi connectivity index (χ2v) is 9.20. The van der Waals surface area contributed by atoms with Gasteiger partial charge in [0.15, 0.2) is 16.7 Å². The van der Waals surface area contributed by atoms with Gasteiger partial charge >= 0.3 is 5.97 Å². The topological polar surface area (TPSA) is 119 Å². The second kappa shape index (κ2) is 9.55. The number of aryl methyl sites for hydroxylation is 1. The monoisotopic (exact) mass is 518 g/mol. The average molecular weight is 519 g/mol. The van der Waals surface area contributed by atoms with Crippen molar-refractivity contribution in [1.82, 2.24) is 4.98 Å². The van der Waals surface area contributed by atoms with E-state index in [9.17, 15) is 19.5 Å². The van der Waals surface area contributed by atoms with Gasteiger partial charge in [0, 0.05) is 5.39 Å². The van der Waals surface area contributed by atoms with E-state index >= 15 is 0 Å². The Bertz CT molecular complexity index is 1530. The molecule has 0 radical (unpaired) electrons. The molecule has 2 aromatic carbocycles. The Kier molecular flexibility index (Phi) is 6.26. The molecule has 1 aliphatic heterocycles. The standard InChI is InChI=1S/C27H22N2O7S/c1-4-35-17-11-9-15(10-12-17)21-20(22(30)19-13-16-7-5-6-8-18(16)36-19)23(31)25(32)29(21)27-28-14(2)24(37-27)26(33)34-3/h5-13,21,31H,4H2,1-3H3. The fraction of sp³-hybridized carbons (Fsp3) is 0.185. The van der Waals surface area contributed by atoms with Crippen LogP contribution in [-0.4, -0.2) is 41.5 Å². The number of amides is 1. The first-order chi connectivity index (χ1) is 17.8. The summed E-state index contributed by atoms with van der Waals surface area (Å²) in [6, 6.07) is 14.5. The molecule has 4 aromatic rings. The summed E-state index contributed by atoms with van der Waals surface area (Å²) in [6.07, 6.45) is 0. The van der Waals surface area contributed by atoms with E-state index in [0.717, 1.165) is 11.3 Å². The number of aromatic nitrogens is 1. The molecule has 1 N–H and O–H groups in total. The van der Waals surface area contributed by atoms with E-state index in [1.807, 2.05) is 13.0 Å². The van der Waals surface area contributed by atoms with Crippen LogP contribution in [0.1, 0.15) is 44.4 Å². The molecule has 9 nitrogen and oxygen atoms in total. The zero-order valence-electron chi connectivity index (χ0n) is 20.2. The largest absolute Gasteiger partial charge is 0.503 e. The van der Waals surface area contributed by atoms with Crippen LogP contribution in [0.4, 0.5) is 5.13 Å². The lowest BCUT2D eigenvalue weighted by atomic mass is 9.95. The van der Waals surface area contributed by atoms with Crippen LogP contribution in [-0.2, 0) is 9.53 Å². The Balaban J connectivity index is 1.64. The Morgan fingerprint density at radius 1 is 1.16 bits per heavy atom. The van der Waals surface area contributed by atoms with Crippen molar-refractivity contribution in [2.24, 2.45) is 0 Å². The molecule has 1 amide bonds. The molecule has 188 valence electrons. The highest BCUT2D eigenvalue weighted by Crippen LogP contribution is 2.44. The zero-order chi connectivity index (χ0) is 26.3. The third-order valence-corrected chi connectivity index (χ3v) is 7.11. The van der Waals surface area contributed by atoms with Crippen LogP contribution in [0, 0.1) is 6.92 Å². The van der Waals surface area contributed by atoms with E-state index in [2.05, 4.69) is 4.98 Å². The lowest BCUT2D eigenvalue weighted by molar-refractivity contribution is -0.117. The number of aliphatic hydroxyl groups is 1. The smallest absolute Gasteiger partial charge is 0.350 e. The molecule has 0 saturated carbocycles. The third kappa shape index (κ3) is 4.15.